The average molecular weight is 402 g/mol. The standard InChI is InChI=1S/C16H17Cl2N3O3S/c1-11-8-13(10-19-16(11)18)25(22,23)20-14-9-12(17)2-3-15(14)21-4-6-24-7-5-21/h2-3,8-10,20H,4-7H2,1H3. The first-order valence-corrected chi connectivity index (χ1v) is 9.88. The minimum Gasteiger partial charge on any atom is -0.378 e. The molecule has 3 rings (SSSR count). The number of ether oxygens (including phenoxy) is 1. The Morgan fingerprint density at radius 3 is 2.60 bits per heavy atom. The second-order valence-electron chi connectivity index (χ2n) is 5.65. The highest BCUT2D eigenvalue weighted by molar-refractivity contribution is 7.92. The van der Waals surface area contributed by atoms with E-state index < -0.39 is 10.0 Å². The zero-order chi connectivity index (χ0) is 18.0. The molecule has 0 atom stereocenters. The fourth-order valence-electron chi connectivity index (χ4n) is 2.55. The van der Waals surface area contributed by atoms with Crippen LogP contribution in [0.3, 0.4) is 0 Å². The first kappa shape index (κ1) is 18.3. The molecule has 0 unspecified atom stereocenters. The third kappa shape index (κ3) is 4.17. The monoisotopic (exact) mass is 401 g/mol. The smallest absolute Gasteiger partial charge is 0.263 e. The SMILES string of the molecule is Cc1cc(S(=O)(=O)Nc2cc(Cl)ccc2N2CCOCC2)cnc1Cl. The zero-order valence-electron chi connectivity index (χ0n) is 13.5. The van der Waals surface area contributed by atoms with Gasteiger partial charge < -0.3 is 9.64 Å². The van der Waals surface area contributed by atoms with Crippen LogP contribution in [-0.4, -0.2) is 39.7 Å². The van der Waals surface area contributed by atoms with Gasteiger partial charge in [-0.2, -0.15) is 0 Å². The number of nitrogens with one attached hydrogen (secondary N) is 1. The van der Waals surface area contributed by atoms with Crippen LogP contribution >= 0.6 is 23.2 Å². The first-order chi connectivity index (χ1) is 11.9. The molecule has 134 valence electrons. The van der Waals surface area contributed by atoms with Crippen molar-refractivity contribution in [2.45, 2.75) is 11.8 Å². The highest BCUT2D eigenvalue weighted by Crippen LogP contribution is 2.32. The topological polar surface area (TPSA) is 71.5 Å². The number of aromatic nitrogens is 1. The van der Waals surface area contributed by atoms with Crippen LogP contribution in [-0.2, 0) is 14.8 Å². The molecular formula is C16H17Cl2N3O3S. The molecule has 0 radical (unpaired) electrons. The summed E-state index contributed by atoms with van der Waals surface area (Å²) in [6, 6.07) is 6.62. The third-order valence-electron chi connectivity index (χ3n) is 3.85. The van der Waals surface area contributed by atoms with Gasteiger partial charge in [0.1, 0.15) is 10.0 Å². The van der Waals surface area contributed by atoms with E-state index in [9.17, 15) is 8.42 Å². The molecule has 1 aliphatic heterocycles. The Morgan fingerprint density at radius 2 is 1.92 bits per heavy atom. The van der Waals surface area contributed by atoms with E-state index in [0.717, 1.165) is 5.69 Å². The molecule has 0 spiro atoms. The fourth-order valence-corrected chi connectivity index (χ4v) is 3.92. The van der Waals surface area contributed by atoms with E-state index in [1.165, 1.54) is 12.3 Å². The maximum atomic E-state index is 12.7. The second-order valence-corrected chi connectivity index (χ2v) is 8.12. The van der Waals surface area contributed by atoms with Crippen molar-refractivity contribution in [2.24, 2.45) is 0 Å². The van der Waals surface area contributed by atoms with Crippen LogP contribution in [0.2, 0.25) is 10.2 Å². The van der Waals surface area contributed by atoms with Gasteiger partial charge in [0.05, 0.1) is 24.6 Å². The molecule has 2 heterocycles. The van der Waals surface area contributed by atoms with Gasteiger partial charge in [0.2, 0.25) is 0 Å². The van der Waals surface area contributed by atoms with Gasteiger partial charge in [-0.1, -0.05) is 23.2 Å². The quantitative estimate of drug-likeness (QED) is 0.795. The summed E-state index contributed by atoms with van der Waals surface area (Å²) in [7, 11) is -3.82. The number of hydrogen-bond donors (Lipinski definition) is 1. The predicted molar refractivity (Wildman–Crippen MR) is 99.3 cm³/mol. The van der Waals surface area contributed by atoms with E-state index in [4.69, 9.17) is 27.9 Å². The summed E-state index contributed by atoms with van der Waals surface area (Å²) >= 11 is 11.9. The first-order valence-electron chi connectivity index (χ1n) is 7.64. The maximum Gasteiger partial charge on any atom is 0.263 e. The predicted octanol–water partition coefficient (Wildman–Crippen LogP) is 3.33. The molecule has 9 heteroatoms. The number of benzene rings is 1. The van der Waals surface area contributed by atoms with Crippen LogP contribution in [0.4, 0.5) is 11.4 Å². The van der Waals surface area contributed by atoms with Crippen molar-refractivity contribution in [3.8, 4) is 0 Å². The van der Waals surface area contributed by atoms with Crippen LogP contribution in [0.5, 0.6) is 0 Å². The number of sulfonamides is 1. The number of pyridine rings is 1. The highest BCUT2D eigenvalue weighted by atomic mass is 35.5. The number of aryl methyl sites for hydroxylation is 1. The van der Waals surface area contributed by atoms with Crippen molar-refractivity contribution in [2.75, 3.05) is 35.9 Å². The Kier molecular flexibility index (Phi) is 5.38. The van der Waals surface area contributed by atoms with Gasteiger partial charge in [-0.15, -0.1) is 0 Å². The lowest BCUT2D eigenvalue weighted by molar-refractivity contribution is 0.123. The normalized spacial score (nSPS) is 15.2. The molecule has 0 bridgehead atoms. The molecule has 0 amide bonds. The van der Waals surface area contributed by atoms with E-state index in [-0.39, 0.29) is 10.0 Å². The lowest BCUT2D eigenvalue weighted by Gasteiger charge is -2.30. The molecule has 2 aromatic rings. The van der Waals surface area contributed by atoms with Crippen molar-refractivity contribution in [3.63, 3.8) is 0 Å². The molecule has 1 aromatic carbocycles. The van der Waals surface area contributed by atoms with Crippen LogP contribution in [0.1, 0.15) is 5.56 Å². The fraction of sp³-hybridized carbons (Fsp3) is 0.312. The Balaban J connectivity index is 1.95. The Hall–Kier alpha value is -1.54. The highest BCUT2D eigenvalue weighted by Gasteiger charge is 2.21. The largest absolute Gasteiger partial charge is 0.378 e. The van der Waals surface area contributed by atoms with Gasteiger partial charge in [-0.05, 0) is 36.8 Å². The van der Waals surface area contributed by atoms with Crippen LogP contribution in [0, 0.1) is 6.92 Å². The molecule has 6 nitrogen and oxygen atoms in total. The summed E-state index contributed by atoms with van der Waals surface area (Å²) in [5, 5.41) is 0.718. The molecule has 1 N–H and O–H groups in total. The van der Waals surface area contributed by atoms with Crippen molar-refractivity contribution >= 4 is 44.6 Å². The van der Waals surface area contributed by atoms with Crippen molar-refractivity contribution in [3.05, 3.63) is 46.2 Å². The summed E-state index contributed by atoms with van der Waals surface area (Å²) in [5.41, 5.74) is 1.76. The summed E-state index contributed by atoms with van der Waals surface area (Å²) in [6.07, 6.45) is 1.23. The van der Waals surface area contributed by atoms with Crippen LogP contribution < -0.4 is 9.62 Å². The van der Waals surface area contributed by atoms with Gasteiger partial charge in [0, 0.05) is 24.3 Å². The van der Waals surface area contributed by atoms with Gasteiger partial charge in [0.25, 0.3) is 10.0 Å². The number of anilines is 2. The second kappa shape index (κ2) is 7.37. The van der Waals surface area contributed by atoms with Gasteiger partial charge in [0.15, 0.2) is 0 Å². The van der Waals surface area contributed by atoms with Crippen LogP contribution in [0.15, 0.2) is 35.4 Å². The Bertz CT molecular complexity index is 884. The summed E-state index contributed by atoms with van der Waals surface area (Å²) in [6.45, 7) is 4.24. The number of hydrogen-bond acceptors (Lipinski definition) is 5. The van der Waals surface area contributed by atoms with Crippen molar-refractivity contribution in [1.82, 2.24) is 4.98 Å². The summed E-state index contributed by atoms with van der Waals surface area (Å²) in [5.74, 6) is 0. The summed E-state index contributed by atoms with van der Waals surface area (Å²) in [4.78, 5) is 6.01. The van der Waals surface area contributed by atoms with Crippen molar-refractivity contribution in [1.29, 1.82) is 0 Å². The van der Waals surface area contributed by atoms with Gasteiger partial charge in [-0.25, -0.2) is 13.4 Å². The molecule has 1 saturated heterocycles. The van der Waals surface area contributed by atoms with E-state index in [2.05, 4.69) is 14.6 Å². The number of halogens is 2. The minimum absolute atomic E-state index is 0.0438. The molecule has 1 aromatic heterocycles. The molecule has 1 aliphatic rings. The molecule has 0 saturated carbocycles. The van der Waals surface area contributed by atoms with E-state index in [0.29, 0.717) is 42.6 Å². The van der Waals surface area contributed by atoms with Crippen LogP contribution in [0.25, 0.3) is 0 Å². The van der Waals surface area contributed by atoms with Crippen molar-refractivity contribution < 1.29 is 13.2 Å². The number of nitrogens with zero attached hydrogens (tertiary/aromatic N) is 2. The number of rotatable bonds is 4. The third-order valence-corrected chi connectivity index (χ3v) is 5.82. The average Bonchev–Trinajstić information content (AvgIpc) is 2.58. The van der Waals surface area contributed by atoms with E-state index >= 15 is 0 Å². The molecular weight excluding hydrogens is 385 g/mol. The molecule has 0 aliphatic carbocycles. The lowest BCUT2D eigenvalue weighted by atomic mass is 10.2. The maximum absolute atomic E-state index is 12.7. The Labute approximate surface area is 156 Å². The Morgan fingerprint density at radius 1 is 1.20 bits per heavy atom. The van der Waals surface area contributed by atoms with E-state index in [1.54, 1.807) is 25.1 Å². The lowest BCUT2D eigenvalue weighted by Crippen LogP contribution is -2.36. The van der Waals surface area contributed by atoms with Gasteiger partial charge in [-0.3, -0.25) is 4.72 Å². The zero-order valence-corrected chi connectivity index (χ0v) is 15.8. The van der Waals surface area contributed by atoms with Gasteiger partial charge >= 0.3 is 0 Å². The van der Waals surface area contributed by atoms with E-state index in [1.807, 2.05) is 0 Å². The minimum atomic E-state index is -3.82. The summed E-state index contributed by atoms with van der Waals surface area (Å²) < 4.78 is 33.4. The number of morpholine rings is 1. The molecule has 25 heavy (non-hydrogen) atoms. The molecule has 1 fully saturated rings.